The van der Waals surface area contributed by atoms with Crippen molar-refractivity contribution < 1.29 is 4.79 Å². The number of carbonyl (C=O) groups is 1. The molecule has 1 rings (SSSR count). The normalized spacial score (nSPS) is 10.2. The van der Waals surface area contributed by atoms with Crippen molar-refractivity contribution >= 4 is 5.91 Å². The third-order valence-corrected chi connectivity index (χ3v) is 2.11. The second-order valence-electron chi connectivity index (χ2n) is 3.38. The number of hydrogen-bond acceptors (Lipinski definition) is 2. The Hall–Kier alpha value is -1.32. The first-order chi connectivity index (χ1) is 6.02. The molecular formula is C9H15N3O. The van der Waals surface area contributed by atoms with Crippen molar-refractivity contribution in [1.29, 1.82) is 0 Å². The average molecular weight is 181 g/mol. The zero-order valence-corrected chi connectivity index (χ0v) is 8.51. The lowest BCUT2D eigenvalue weighted by Crippen LogP contribution is -2.23. The average Bonchev–Trinajstić information content (AvgIpc) is 2.35. The third-order valence-electron chi connectivity index (χ3n) is 2.11. The maximum atomic E-state index is 11.4. The lowest BCUT2D eigenvalue weighted by Gasteiger charge is -2.09. The number of nitrogens with one attached hydrogen (secondary N) is 1. The van der Waals surface area contributed by atoms with Gasteiger partial charge in [0.05, 0.1) is 12.1 Å². The topological polar surface area (TPSA) is 49.0 Å². The molecule has 0 atom stereocenters. The van der Waals surface area contributed by atoms with E-state index in [4.69, 9.17) is 0 Å². The zero-order valence-electron chi connectivity index (χ0n) is 8.51. The maximum absolute atomic E-state index is 11.4. The van der Waals surface area contributed by atoms with E-state index in [0.717, 1.165) is 17.0 Å². The number of carbonyl (C=O) groups excluding carboxylic acids is 1. The molecule has 1 aromatic heterocycles. The van der Waals surface area contributed by atoms with Crippen LogP contribution in [0.2, 0.25) is 0 Å². The molecule has 0 aliphatic heterocycles. The summed E-state index contributed by atoms with van der Waals surface area (Å²) in [7, 11) is 3.51. The van der Waals surface area contributed by atoms with E-state index in [9.17, 15) is 4.79 Å². The first kappa shape index (κ1) is 9.77. The van der Waals surface area contributed by atoms with Gasteiger partial charge in [0.1, 0.15) is 0 Å². The number of amides is 1. The van der Waals surface area contributed by atoms with Crippen molar-refractivity contribution in [1.82, 2.24) is 15.1 Å². The van der Waals surface area contributed by atoms with Crippen LogP contribution in [-0.4, -0.2) is 35.1 Å². The van der Waals surface area contributed by atoms with Crippen molar-refractivity contribution in [2.24, 2.45) is 0 Å². The summed E-state index contributed by atoms with van der Waals surface area (Å²) in [6, 6.07) is 0. The van der Waals surface area contributed by atoms with Crippen LogP contribution in [-0.2, 0) is 11.2 Å². The number of aryl methyl sites for hydroxylation is 2. The van der Waals surface area contributed by atoms with Gasteiger partial charge in [-0.25, -0.2) is 0 Å². The SMILES string of the molecule is Cc1n[nH]c(C)c1CC(=O)N(C)C. The standard InChI is InChI=1S/C9H15N3O/c1-6-8(7(2)11-10-6)5-9(13)12(3)4/h5H2,1-4H3,(H,10,11). The van der Waals surface area contributed by atoms with Gasteiger partial charge in [0.2, 0.25) is 5.91 Å². The van der Waals surface area contributed by atoms with Gasteiger partial charge in [0.25, 0.3) is 0 Å². The molecule has 0 aliphatic carbocycles. The Morgan fingerprint density at radius 3 is 2.46 bits per heavy atom. The highest BCUT2D eigenvalue weighted by atomic mass is 16.2. The van der Waals surface area contributed by atoms with E-state index in [1.165, 1.54) is 0 Å². The molecule has 13 heavy (non-hydrogen) atoms. The minimum atomic E-state index is 0.104. The van der Waals surface area contributed by atoms with Crippen LogP contribution in [0.4, 0.5) is 0 Å². The van der Waals surface area contributed by atoms with E-state index in [-0.39, 0.29) is 5.91 Å². The van der Waals surface area contributed by atoms with Crippen LogP contribution < -0.4 is 0 Å². The zero-order chi connectivity index (χ0) is 10.0. The summed E-state index contributed by atoms with van der Waals surface area (Å²) in [6.07, 6.45) is 0.432. The highest BCUT2D eigenvalue weighted by Crippen LogP contribution is 2.10. The van der Waals surface area contributed by atoms with Gasteiger partial charge in [-0.2, -0.15) is 5.10 Å². The molecule has 0 unspecified atom stereocenters. The Labute approximate surface area is 77.9 Å². The second kappa shape index (κ2) is 3.60. The molecule has 1 aromatic rings. The smallest absolute Gasteiger partial charge is 0.226 e. The first-order valence-electron chi connectivity index (χ1n) is 4.23. The lowest BCUT2D eigenvalue weighted by molar-refractivity contribution is -0.127. The molecule has 1 heterocycles. The molecular weight excluding hydrogens is 166 g/mol. The molecule has 4 heteroatoms. The predicted octanol–water partition coefficient (Wildman–Crippen LogP) is 0.657. The van der Waals surface area contributed by atoms with E-state index >= 15 is 0 Å². The van der Waals surface area contributed by atoms with E-state index in [0.29, 0.717) is 6.42 Å². The largest absolute Gasteiger partial charge is 0.349 e. The van der Waals surface area contributed by atoms with Gasteiger partial charge in [-0.1, -0.05) is 0 Å². The molecule has 0 saturated carbocycles. The van der Waals surface area contributed by atoms with Crippen LogP contribution in [0.3, 0.4) is 0 Å². The number of likely N-dealkylation sites (N-methyl/N-ethyl adjacent to an activating group) is 1. The maximum Gasteiger partial charge on any atom is 0.226 e. The molecule has 0 spiro atoms. The summed E-state index contributed by atoms with van der Waals surface area (Å²) in [5.74, 6) is 0.104. The summed E-state index contributed by atoms with van der Waals surface area (Å²) < 4.78 is 0. The Morgan fingerprint density at radius 2 is 2.08 bits per heavy atom. The van der Waals surface area contributed by atoms with Gasteiger partial charge in [0, 0.05) is 25.4 Å². The van der Waals surface area contributed by atoms with Crippen LogP contribution in [0.1, 0.15) is 17.0 Å². The Morgan fingerprint density at radius 1 is 1.46 bits per heavy atom. The van der Waals surface area contributed by atoms with Gasteiger partial charge in [-0.05, 0) is 13.8 Å². The number of rotatable bonds is 2. The van der Waals surface area contributed by atoms with Gasteiger partial charge in [0.15, 0.2) is 0 Å². The van der Waals surface area contributed by atoms with Crippen molar-refractivity contribution in [3.05, 3.63) is 17.0 Å². The summed E-state index contributed by atoms with van der Waals surface area (Å²) in [6.45, 7) is 3.83. The van der Waals surface area contributed by atoms with Crippen LogP contribution in [0.25, 0.3) is 0 Å². The van der Waals surface area contributed by atoms with E-state index < -0.39 is 0 Å². The fraction of sp³-hybridized carbons (Fsp3) is 0.556. The summed E-state index contributed by atoms with van der Waals surface area (Å²) in [4.78, 5) is 13.0. The molecule has 0 radical (unpaired) electrons. The molecule has 4 nitrogen and oxygen atoms in total. The lowest BCUT2D eigenvalue weighted by atomic mass is 10.1. The third kappa shape index (κ3) is 2.08. The second-order valence-corrected chi connectivity index (χ2v) is 3.38. The number of H-pyrrole nitrogens is 1. The molecule has 72 valence electrons. The molecule has 1 N–H and O–H groups in total. The molecule has 0 aromatic carbocycles. The molecule has 0 aliphatic rings. The summed E-state index contributed by atoms with van der Waals surface area (Å²) in [5.41, 5.74) is 2.90. The highest BCUT2D eigenvalue weighted by Gasteiger charge is 2.12. The molecule has 0 fully saturated rings. The minimum absolute atomic E-state index is 0.104. The predicted molar refractivity (Wildman–Crippen MR) is 50.5 cm³/mol. The quantitative estimate of drug-likeness (QED) is 0.728. The summed E-state index contributed by atoms with van der Waals surface area (Å²) in [5, 5.41) is 6.89. The van der Waals surface area contributed by atoms with Crippen molar-refractivity contribution in [3.8, 4) is 0 Å². The van der Waals surface area contributed by atoms with Gasteiger partial charge >= 0.3 is 0 Å². The van der Waals surface area contributed by atoms with E-state index in [1.807, 2.05) is 13.8 Å². The monoisotopic (exact) mass is 181 g/mol. The Bertz CT molecular complexity index is 295. The van der Waals surface area contributed by atoms with E-state index in [2.05, 4.69) is 10.2 Å². The number of aromatic nitrogens is 2. The number of hydrogen-bond donors (Lipinski definition) is 1. The van der Waals surface area contributed by atoms with Crippen LogP contribution in [0.15, 0.2) is 0 Å². The Kier molecular flexibility index (Phi) is 2.70. The van der Waals surface area contributed by atoms with Gasteiger partial charge < -0.3 is 4.90 Å². The molecule has 0 bridgehead atoms. The van der Waals surface area contributed by atoms with Gasteiger partial charge in [-0.15, -0.1) is 0 Å². The Balaban J connectivity index is 2.79. The fourth-order valence-electron chi connectivity index (χ4n) is 1.14. The molecule has 0 saturated heterocycles. The summed E-state index contributed by atoms with van der Waals surface area (Å²) >= 11 is 0. The first-order valence-corrected chi connectivity index (χ1v) is 4.23. The van der Waals surface area contributed by atoms with Crippen LogP contribution >= 0.6 is 0 Å². The van der Waals surface area contributed by atoms with Gasteiger partial charge in [-0.3, -0.25) is 9.89 Å². The van der Waals surface area contributed by atoms with Crippen LogP contribution in [0.5, 0.6) is 0 Å². The van der Waals surface area contributed by atoms with Crippen LogP contribution in [0, 0.1) is 13.8 Å². The number of nitrogens with zero attached hydrogens (tertiary/aromatic N) is 2. The minimum Gasteiger partial charge on any atom is -0.349 e. The molecule has 1 amide bonds. The highest BCUT2D eigenvalue weighted by molar-refractivity contribution is 5.78. The van der Waals surface area contributed by atoms with Crippen molar-refractivity contribution in [2.45, 2.75) is 20.3 Å². The fourth-order valence-corrected chi connectivity index (χ4v) is 1.14. The van der Waals surface area contributed by atoms with Crippen molar-refractivity contribution in [3.63, 3.8) is 0 Å². The van der Waals surface area contributed by atoms with Crippen molar-refractivity contribution in [2.75, 3.05) is 14.1 Å². The number of aromatic amines is 1. The van der Waals surface area contributed by atoms with E-state index in [1.54, 1.807) is 19.0 Å².